The highest BCUT2D eigenvalue weighted by Gasteiger charge is 2.28. The van der Waals surface area contributed by atoms with Crippen LogP contribution < -0.4 is 0 Å². The third-order valence-corrected chi connectivity index (χ3v) is 1.41. The summed E-state index contributed by atoms with van der Waals surface area (Å²) in [5.74, 6) is -0.333. The number of hydrogen-bond donors (Lipinski definition) is 0. The van der Waals surface area contributed by atoms with Gasteiger partial charge in [-0.15, -0.1) is 0 Å². The van der Waals surface area contributed by atoms with Crippen molar-refractivity contribution in [3.05, 3.63) is 6.43 Å². The zero-order valence-electron chi connectivity index (χ0n) is 3.95. The van der Waals surface area contributed by atoms with Crippen molar-refractivity contribution in [2.45, 2.75) is 19.3 Å². The first kappa shape index (κ1) is 5.01. The lowest BCUT2D eigenvalue weighted by Gasteiger charge is -2.22. The first-order chi connectivity index (χ1) is 3.30. The molecule has 2 heteroatoms. The number of rotatable bonds is 1. The summed E-state index contributed by atoms with van der Waals surface area (Å²) in [6.07, 6.45) is 1.04. The molecule has 0 bridgehead atoms. The van der Waals surface area contributed by atoms with Crippen molar-refractivity contribution >= 4 is 0 Å². The Morgan fingerprint density at radius 2 is 1.86 bits per heavy atom. The fraction of sp³-hybridized carbons (Fsp3) is 0.800. The third kappa shape index (κ3) is 0.898. The van der Waals surface area contributed by atoms with E-state index in [1.165, 1.54) is 0 Å². The molecule has 1 rings (SSSR count). The van der Waals surface area contributed by atoms with Crippen molar-refractivity contribution in [2.75, 3.05) is 0 Å². The minimum absolute atomic E-state index is 0.333. The Labute approximate surface area is 41.5 Å². The average Bonchev–Trinajstić information content (AvgIpc) is 1.23. The van der Waals surface area contributed by atoms with E-state index >= 15 is 0 Å². The van der Waals surface area contributed by atoms with Crippen molar-refractivity contribution in [1.82, 2.24) is 0 Å². The van der Waals surface area contributed by atoms with Crippen LogP contribution in [-0.2, 0) is 0 Å². The minimum Gasteiger partial charge on any atom is -0.200 e. The molecule has 0 amide bonds. The molecule has 0 atom stereocenters. The number of hydrogen-bond acceptors (Lipinski definition) is 0. The van der Waals surface area contributed by atoms with E-state index in [4.69, 9.17) is 0 Å². The van der Waals surface area contributed by atoms with Gasteiger partial charge >= 0.3 is 6.43 Å². The highest BCUT2D eigenvalue weighted by Crippen LogP contribution is 2.35. The van der Waals surface area contributed by atoms with E-state index in [0.717, 1.165) is 6.42 Å². The van der Waals surface area contributed by atoms with Crippen LogP contribution in [0.3, 0.4) is 0 Å². The average molecular weight is 105 g/mol. The monoisotopic (exact) mass is 105 g/mol. The Bertz CT molecular complexity index is 57.1. The maximum atomic E-state index is 11.4. The summed E-state index contributed by atoms with van der Waals surface area (Å²) in [6.45, 7) is 0. The molecule has 0 aliphatic heterocycles. The summed E-state index contributed by atoms with van der Waals surface area (Å²) < 4.78 is 22.8. The van der Waals surface area contributed by atoms with Crippen molar-refractivity contribution in [3.8, 4) is 0 Å². The lowest BCUT2D eigenvalue weighted by Crippen LogP contribution is -2.13. The summed E-state index contributed by atoms with van der Waals surface area (Å²) in [4.78, 5) is 0. The first-order valence-corrected chi connectivity index (χ1v) is 2.48. The van der Waals surface area contributed by atoms with Gasteiger partial charge in [-0.1, -0.05) is 6.42 Å². The van der Waals surface area contributed by atoms with E-state index in [-0.39, 0.29) is 5.92 Å². The topological polar surface area (TPSA) is 0 Å². The van der Waals surface area contributed by atoms with Gasteiger partial charge in [-0.05, 0) is 12.8 Å². The highest BCUT2D eigenvalue weighted by molar-refractivity contribution is 4.81. The second kappa shape index (κ2) is 1.76. The molecular weight excluding hydrogens is 98.1 g/mol. The lowest BCUT2D eigenvalue weighted by atomic mass is 9.86. The molecule has 0 saturated heterocycles. The van der Waals surface area contributed by atoms with Gasteiger partial charge in [-0.25, -0.2) is 0 Å². The second-order valence-electron chi connectivity index (χ2n) is 1.92. The normalized spacial score (nSPS) is 22.7. The van der Waals surface area contributed by atoms with E-state index in [1.807, 2.05) is 0 Å². The molecule has 0 aromatic heterocycles. The molecule has 41 valence electrons. The Hall–Kier alpha value is -0.140. The van der Waals surface area contributed by atoms with Crippen molar-refractivity contribution in [3.63, 3.8) is 0 Å². The predicted octanol–water partition coefficient (Wildman–Crippen LogP) is 2.21. The Kier molecular flexibility index (Phi) is 1.26. The van der Waals surface area contributed by atoms with Crippen LogP contribution in [-0.4, -0.2) is 0 Å². The third-order valence-electron chi connectivity index (χ3n) is 1.41. The van der Waals surface area contributed by atoms with Gasteiger partial charge in [-0.2, -0.15) is 8.78 Å². The van der Waals surface area contributed by atoms with Gasteiger partial charge in [0.25, 0.3) is 0 Å². The molecule has 0 spiro atoms. The molecule has 0 unspecified atom stereocenters. The zero-order chi connectivity index (χ0) is 5.28. The zero-order valence-corrected chi connectivity index (χ0v) is 3.95. The van der Waals surface area contributed by atoms with Crippen molar-refractivity contribution in [2.24, 2.45) is 5.92 Å². The Balaban J connectivity index is 2.14. The molecule has 1 aliphatic rings. The fourth-order valence-corrected chi connectivity index (χ4v) is 0.626. The fourth-order valence-electron chi connectivity index (χ4n) is 0.626. The van der Waals surface area contributed by atoms with E-state index in [0.29, 0.717) is 12.8 Å². The lowest BCUT2D eigenvalue weighted by molar-refractivity contribution is 0.143. The maximum absolute atomic E-state index is 11.4. The van der Waals surface area contributed by atoms with Crippen LogP contribution in [0.4, 0.5) is 8.78 Å². The molecule has 0 aromatic rings. The Morgan fingerprint density at radius 3 is 1.86 bits per heavy atom. The molecule has 1 aliphatic carbocycles. The number of halogens is 2. The van der Waals surface area contributed by atoms with Crippen LogP contribution in [0.1, 0.15) is 19.3 Å². The molecule has 0 heterocycles. The van der Waals surface area contributed by atoms with Gasteiger partial charge in [0.2, 0.25) is 0 Å². The van der Waals surface area contributed by atoms with E-state index in [1.54, 1.807) is 0 Å². The molecule has 0 aromatic carbocycles. The molecule has 0 nitrogen and oxygen atoms in total. The van der Waals surface area contributed by atoms with E-state index in [9.17, 15) is 8.78 Å². The molecule has 7 heavy (non-hydrogen) atoms. The van der Waals surface area contributed by atoms with Crippen LogP contribution in [0.15, 0.2) is 0 Å². The van der Waals surface area contributed by atoms with Crippen LogP contribution in [0.2, 0.25) is 0 Å². The van der Waals surface area contributed by atoms with Gasteiger partial charge in [0.05, 0.1) is 0 Å². The predicted molar refractivity (Wildman–Crippen MR) is 22.8 cm³/mol. The summed E-state index contributed by atoms with van der Waals surface area (Å²) in [6, 6.07) is 0. The van der Waals surface area contributed by atoms with Crippen molar-refractivity contribution < 1.29 is 8.78 Å². The smallest absolute Gasteiger partial charge is 0.200 e. The van der Waals surface area contributed by atoms with Gasteiger partial charge in [-0.3, -0.25) is 0 Å². The van der Waals surface area contributed by atoms with Crippen LogP contribution in [0.5, 0.6) is 0 Å². The van der Waals surface area contributed by atoms with Crippen LogP contribution in [0.25, 0.3) is 0 Å². The van der Waals surface area contributed by atoms with Gasteiger partial charge in [0, 0.05) is 5.92 Å². The summed E-state index contributed by atoms with van der Waals surface area (Å²) in [5.41, 5.74) is 0. The van der Waals surface area contributed by atoms with E-state index < -0.39 is 6.43 Å². The van der Waals surface area contributed by atoms with Crippen LogP contribution in [0, 0.1) is 12.3 Å². The second-order valence-corrected chi connectivity index (χ2v) is 1.92. The summed E-state index contributed by atoms with van der Waals surface area (Å²) in [5, 5.41) is 0. The molecular formula is C5H7F2. The highest BCUT2D eigenvalue weighted by atomic mass is 19.3. The molecule has 0 N–H and O–H groups in total. The standard InChI is InChI=1S/C5H7F2/c6-5(7)4-2-1-3-4/h4H,1-3H2. The van der Waals surface area contributed by atoms with Gasteiger partial charge in [0.15, 0.2) is 0 Å². The summed E-state index contributed by atoms with van der Waals surface area (Å²) in [7, 11) is 0. The van der Waals surface area contributed by atoms with Crippen molar-refractivity contribution in [1.29, 1.82) is 0 Å². The molecule has 1 fully saturated rings. The summed E-state index contributed by atoms with van der Waals surface area (Å²) >= 11 is 0. The SMILES string of the molecule is F[C](F)C1CCC1. The first-order valence-electron chi connectivity index (χ1n) is 2.48. The van der Waals surface area contributed by atoms with E-state index in [2.05, 4.69) is 0 Å². The van der Waals surface area contributed by atoms with Gasteiger partial charge in [0.1, 0.15) is 0 Å². The largest absolute Gasteiger partial charge is 0.313 e. The van der Waals surface area contributed by atoms with Crippen LogP contribution >= 0.6 is 0 Å². The molecule has 1 saturated carbocycles. The Morgan fingerprint density at radius 1 is 1.29 bits per heavy atom. The van der Waals surface area contributed by atoms with Gasteiger partial charge < -0.3 is 0 Å². The minimum atomic E-state index is -1.37. The molecule has 1 radical (unpaired) electrons. The maximum Gasteiger partial charge on any atom is 0.313 e. The quantitative estimate of drug-likeness (QED) is 0.479.